The Hall–Kier alpha value is -1.87. The summed E-state index contributed by atoms with van der Waals surface area (Å²) < 4.78 is 4.88. The number of guanidine groups is 1. The number of aliphatic imine (C=N–C) groups is 1. The van der Waals surface area contributed by atoms with Gasteiger partial charge in [-0.1, -0.05) is 0 Å². The Bertz CT molecular complexity index is 371. The lowest BCUT2D eigenvalue weighted by Gasteiger charge is -2.28. The van der Waals surface area contributed by atoms with Crippen LogP contribution in [-0.4, -0.2) is 66.7 Å². The van der Waals surface area contributed by atoms with Crippen LogP contribution in [0.25, 0.3) is 0 Å². The number of ether oxygens (including phenoxy) is 1. The Morgan fingerprint density at radius 1 is 1.38 bits per heavy atom. The highest BCUT2D eigenvalue weighted by Crippen LogP contribution is 2.06. The number of aliphatic carboxylic acids is 1. The summed E-state index contributed by atoms with van der Waals surface area (Å²) in [6.45, 7) is 2.21. The van der Waals surface area contributed by atoms with Gasteiger partial charge in [-0.25, -0.2) is 4.79 Å². The van der Waals surface area contributed by atoms with E-state index in [2.05, 4.69) is 4.99 Å². The maximum Gasteiger partial charge on any atom is 0.326 e. The fourth-order valence-corrected chi connectivity index (χ4v) is 1.67. The smallest absolute Gasteiger partial charge is 0.326 e. The minimum absolute atomic E-state index is 0.0175. The summed E-state index contributed by atoms with van der Waals surface area (Å²) in [5.41, 5.74) is 16.2. The average molecular weight is 303 g/mol. The maximum atomic E-state index is 12.2. The zero-order valence-corrected chi connectivity index (χ0v) is 12.5. The van der Waals surface area contributed by atoms with Gasteiger partial charge in [0.1, 0.15) is 6.04 Å². The monoisotopic (exact) mass is 303 g/mol. The highest BCUT2D eigenvalue weighted by Gasteiger charge is 2.28. The highest BCUT2D eigenvalue weighted by molar-refractivity contribution is 5.86. The first-order valence-electron chi connectivity index (χ1n) is 6.64. The molecule has 0 bridgehead atoms. The lowest BCUT2D eigenvalue weighted by Crippen LogP contribution is -2.51. The van der Waals surface area contributed by atoms with Crippen molar-refractivity contribution in [1.82, 2.24) is 4.90 Å². The molecule has 0 aliphatic heterocycles. The van der Waals surface area contributed by atoms with Crippen molar-refractivity contribution in [2.45, 2.75) is 31.8 Å². The van der Waals surface area contributed by atoms with E-state index in [1.807, 2.05) is 0 Å². The van der Waals surface area contributed by atoms with Crippen LogP contribution in [0, 0.1) is 0 Å². The zero-order chi connectivity index (χ0) is 16.4. The van der Waals surface area contributed by atoms with Crippen molar-refractivity contribution in [3.63, 3.8) is 0 Å². The molecular formula is C12H25N5O4. The predicted molar refractivity (Wildman–Crippen MR) is 78.6 cm³/mol. The first kappa shape index (κ1) is 19.1. The van der Waals surface area contributed by atoms with E-state index >= 15 is 0 Å². The molecule has 0 rings (SSSR count). The predicted octanol–water partition coefficient (Wildman–Crippen LogP) is -1.68. The molecule has 0 saturated carbocycles. The quantitative estimate of drug-likeness (QED) is 0.213. The molecule has 0 heterocycles. The largest absolute Gasteiger partial charge is 0.480 e. The third kappa shape index (κ3) is 7.47. The lowest BCUT2D eigenvalue weighted by atomic mass is 10.1. The molecule has 7 N–H and O–H groups in total. The number of carbonyl (C=O) groups excluding carboxylic acids is 1. The van der Waals surface area contributed by atoms with E-state index in [1.165, 1.54) is 18.9 Å². The van der Waals surface area contributed by atoms with Crippen LogP contribution in [0.5, 0.6) is 0 Å². The molecule has 9 heteroatoms. The van der Waals surface area contributed by atoms with Gasteiger partial charge in [0.2, 0.25) is 5.91 Å². The molecule has 0 aromatic heterocycles. The first-order chi connectivity index (χ1) is 9.81. The van der Waals surface area contributed by atoms with Gasteiger partial charge in [-0.05, 0) is 19.8 Å². The van der Waals surface area contributed by atoms with Crippen LogP contribution in [-0.2, 0) is 14.3 Å². The maximum absolute atomic E-state index is 12.2. The summed E-state index contributed by atoms with van der Waals surface area (Å²) in [5.74, 6) is -1.53. The number of methoxy groups -OCH3 is 1. The first-order valence-corrected chi connectivity index (χ1v) is 6.64. The van der Waals surface area contributed by atoms with Crippen LogP contribution in [0.15, 0.2) is 4.99 Å². The van der Waals surface area contributed by atoms with Gasteiger partial charge in [0, 0.05) is 20.2 Å². The van der Waals surface area contributed by atoms with Crippen molar-refractivity contribution in [2.24, 2.45) is 22.2 Å². The number of rotatable bonds is 10. The third-order valence-corrected chi connectivity index (χ3v) is 2.93. The molecule has 0 radical (unpaired) electrons. The Labute approximate surface area is 124 Å². The molecule has 0 fully saturated rings. The molecule has 122 valence electrons. The van der Waals surface area contributed by atoms with Gasteiger partial charge in [-0.3, -0.25) is 9.79 Å². The van der Waals surface area contributed by atoms with Crippen LogP contribution in [0.2, 0.25) is 0 Å². The third-order valence-electron chi connectivity index (χ3n) is 2.93. The van der Waals surface area contributed by atoms with Gasteiger partial charge in [-0.2, -0.15) is 0 Å². The molecule has 0 aromatic rings. The number of hydrogen-bond donors (Lipinski definition) is 4. The number of carboxylic acid groups (broad SMARTS) is 1. The van der Waals surface area contributed by atoms with E-state index < -0.39 is 24.0 Å². The van der Waals surface area contributed by atoms with E-state index in [1.54, 1.807) is 0 Å². The van der Waals surface area contributed by atoms with E-state index in [0.717, 1.165) is 0 Å². The number of nitrogens with two attached hydrogens (primary N) is 3. The molecule has 0 spiro atoms. The molecule has 21 heavy (non-hydrogen) atoms. The van der Waals surface area contributed by atoms with Crippen LogP contribution in [0.1, 0.15) is 19.8 Å². The summed E-state index contributed by atoms with van der Waals surface area (Å²) in [6, 6.07) is -1.76. The summed E-state index contributed by atoms with van der Waals surface area (Å²) >= 11 is 0. The Balaban J connectivity index is 4.55. The van der Waals surface area contributed by atoms with Crippen LogP contribution >= 0.6 is 0 Å². The second kappa shape index (κ2) is 9.94. The average Bonchev–Trinajstić information content (AvgIpc) is 2.42. The van der Waals surface area contributed by atoms with Crippen molar-refractivity contribution in [2.75, 3.05) is 26.8 Å². The standard InChI is InChI=1S/C12H25N5O4/c1-8(11(19)20)17(6-7-21-2)10(18)9(13)4-3-5-16-12(14)15/h8-9H,3-7,13H2,1-2H3,(H,19,20)(H4,14,15,16)/t8-,9-/m0/s1. The number of nitrogens with zero attached hydrogens (tertiary/aromatic N) is 2. The number of hydrogen-bond acceptors (Lipinski definition) is 5. The van der Waals surface area contributed by atoms with E-state index in [4.69, 9.17) is 27.0 Å². The van der Waals surface area contributed by atoms with E-state index in [9.17, 15) is 9.59 Å². The number of amides is 1. The van der Waals surface area contributed by atoms with Crippen LogP contribution in [0.4, 0.5) is 0 Å². The van der Waals surface area contributed by atoms with Crippen molar-refractivity contribution in [3.8, 4) is 0 Å². The topological polar surface area (TPSA) is 157 Å². The van der Waals surface area contributed by atoms with Gasteiger partial charge in [0.25, 0.3) is 0 Å². The van der Waals surface area contributed by atoms with Crippen LogP contribution in [0.3, 0.4) is 0 Å². The van der Waals surface area contributed by atoms with Gasteiger partial charge < -0.3 is 31.9 Å². The van der Waals surface area contributed by atoms with Crippen molar-refractivity contribution in [1.29, 1.82) is 0 Å². The molecule has 0 aromatic carbocycles. The minimum Gasteiger partial charge on any atom is -0.480 e. The highest BCUT2D eigenvalue weighted by atomic mass is 16.5. The Morgan fingerprint density at radius 3 is 2.48 bits per heavy atom. The summed E-state index contributed by atoms with van der Waals surface area (Å²) in [4.78, 5) is 28.3. The fraction of sp³-hybridized carbons (Fsp3) is 0.750. The SMILES string of the molecule is COCCN(C(=O)[C@@H](N)CCCN=C(N)N)[C@@H](C)C(=O)O. The second-order valence-electron chi connectivity index (χ2n) is 4.59. The van der Waals surface area contributed by atoms with Gasteiger partial charge >= 0.3 is 5.97 Å². The fourth-order valence-electron chi connectivity index (χ4n) is 1.67. The summed E-state index contributed by atoms with van der Waals surface area (Å²) in [7, 11) is 1.48. The van der Waals surface area contributed by atoms with E-state index in [-0.39, 0.29) is 19.1 Å². The molecule has 0 aliphatic carbocycles. The second-order valence-corrected chi connectivity index (χ2v) is 4.59. The molecule has 9 nitrogen and oxygen atoms in total. The molecule has 2 atom stereocenters. The zero-order valence-electron chi connectivity index (χ0n) is 12.5. The Morgan fingerprint density at radius 2 is 2.00 bits per heavy atom. The number of carbonyl (C=O) groups is 2. The van der Waals surface area contributed by atoms with Gasteiger partial charge in [0.15, 0.2) is 5.96 Å². The van der Waals surface area contributed by atoms with Crippen LogP contribution < -0.4 is 17.2 Å². The number of carboxylic acids is 1. The minimum atomic E-state index is -1.09. The summed E-state index contributed by atoms with van der Waals surface area (Å²) in [5, 5.41) is 9.04. The van der Waals surface area contributed by atoms with Gasteiger partial charge in [0.05, 0.1) is 12.6 Å². The summed E-state index contributed by atoms with van der Waals surface area (Å²) in [6.07, 6.45) is 0.899. The van der Waals surface area contributed by atoms with Crippen molar-refractivity contribution in [3.05, 3.63) is 0 Å². The Kier molecular flexibility index (Phi) is 9.06. The van der Waals surface area contributed by atoms with Crippen molar-refractivity contribution < 1.29 is 19.4 Å². The molecule has 0 unspecified atom stereocenters. The van der Waals surface area contributed by atoms with Gasteiger partial charge in [-0.15, -0.1) is 0 Å². The molecule has 1 amide bonds. The lowest BCUT2D eigenvalue weighted by molar-refractivity contribution is -0.150. The normalized spacial score (nSPS) is 13.3. The van der Waals surface area contributed by atoms with Crippen molar-refractivity contribution >= 4 is 17.8 Å². The molecule has 0 aliphatic rings. The van der Waals surface area contributed by atoms with E-state index in [0.29, 0.717) is 19.4 Å². The molecular weight excluding hydrogens is 278 g/mol. The molecule has 0 saturated heterocycles.